The summed E-state index contributed by atoms with van der Waals surface area (Å²) in [7, 11) is 0. The molecule has 1 aromatic carbocycles. The van der Waals surface area contributed by atoms with Crippen molar-refractivity contribution in [2.75, 3.05) is 13.2 Å². The van der Waals surface area contributed by atoms with Crippen molar-refractivity contribution in [1.82, 2.24) is 4.90 Å². The zero-order valence-corrected chi connectivity index (χ0v) is 16.0. The van der Waals surface area contributed by atoms with Crippen molar-refractivity contribution < 1.29 is 19.1 Å². The fraction of sp³-hybridized carbons (Fsp3) is 0.286. The van der Waals surface area contributed by atoms with Crippen LogP contribution in [-0.2, 0) is 13.1 Å². The van der Waals surface area contributed by atoms with Crippen LogP contribution < -0.4 is 4.74 Å². The fourth-order valence-electron chi connectivity index (χ4n) is 2.76. The molecule has 0 fully saturated rings. The summed E-state index contributed by atoms with van der Waals surface area (Å²) >= 11 is 1.69. The molecule has 3 aromatic rings. The highest BCUT2D eigenvalue weighted by Gasteiger charge is 2.15. The molecular formula is C21H23NO4S. The molecule has 0 saturated carbocycles. The number of furan rings is 1. The summed E-state index contributed by atoms with van der Waals surface area (Å²) in [6.07, 6.45) is 1.01. The van der Waals surface area contributed by atoms with Crippen molar-refractivity contribution >= 4 is 17.1 Å². The summed E-state index contributed by atoms with van der Waals surface area (Å²) in [5.74, 6) is 1.51. The molecule has 0 amide bonds. The van der Waals surface area contributed by atoms with Crippen molar-refractivity contribution in [1.29, 1.82) is 0 Å². The smallest absolute Gasteiger partial charge is 0.159 e. The molecule has 0 saturated heterocycles. The van der Waals surface area contributed by atoms with Crippen LogP contribution in [0.25, 0.3) is 0 Å². The van der Waals surface area contributed by atoms with Gasteiger partial charge in [-0.3, -0.25) is 9.69 Å². The average molecular weight is 385 g/mol. The number of benzene rings is 1. The SMILES string of the molecule is CC(=O)c1ccc(OCC(O)CN(Cc2ccco2)Cc2cccs2)cc1. The van der Waals surface area contributed by atoms with Crippen LogP contribution in [0.1, 0.15) is 27.9 Å². The normalized spacial score (nSPS) is 12.3. The number of rotatable bonds is 10. The minimum absolute atomic E-state index is 0.0173. The monoisotopic (exact) mass is 385 g/mol. The van der Waals surface area contributed by atoms with Gasteiger partial charge in [-0.15, -0.1) is 11.3 Å². The van der Waals surface area contributed by atoms with Crippen LogP contribution in [0.3, 0.4) is 0 Å². The maximum absolute atomic E-state index is 11.3. The Hall–Kier alpha value is -2.41. The lowest BCUT2D eigenvalue weighted by atomic mass is 10.1. The Morgan fingerprint density at radius 2 is 2.00 bits per heavy atom. The molecule has 0 spiro atoms. The van der Waals surface area contributed by atoms with Crippen LogP contribution in [0.4, 0.5) is 0 Å². The quantitative estimate of drug-likeness (QED) is 0.535. The third-order valence-electron chi connectivity index (χ3n) is 4.09. The molecule has 1 N–H and O–H groups in total. The lowest BCUT2D eigenvalue weighted by Crippen LogP contribution is -2.34. The molecular weight excluding hydrogens is 362 g/mol. The zero-order valence-electron chi connectivity index (χ0n) is 15.2. The molecule has 2 aromatic heterocycles. The number of carbonyl (C=O) groups is 1. The van der Waals surface area contributed by atoms with Gasteiger partial charge in [0.05, 0.1) is 12.8 Å². The van der Waals surface area contributed by atoms with Gasteiger partial charge in [0, 0.05) is 23.5 Å². The lowest BCUT2D eigenvalue weighted by Gasteiger charge is -2.24. The van der Waals surface area contributed by atoms with Gasteiger partial charge in [0.1, 0.15) is 24.2 Å². The lowest BCUT2D eigenvalue weighted by molar-refractivity contribution is 0.0608. The number of aliphatic hydroxyl groups excluding tert-OH is 1. The maximum Gasteiger partial charge on any atom is 0.159 e. The van der Waals surface area contributed by atoms with Crippen LogP contribution in [-0.4, -0.2) is 35.0 Å². The predicted octanol–water partition coefficient (Wildman–Crippen LogP) is 3.99. The van der Waals surface area contributed by atoms with Gasteiger partial charge >= 0.3 is 0 Å². The summed E-state index contributed by atoms with van der Waals surface area (Å²) in [5.41, 5.74) is 0.642. The highest BCUT2D eigenvalue weighted by atomic mass is 32.1. The van der Waals surface area contributed by atoms with Gasteiger partial charge in [0.2, 0.25) is 0 Å². The Labute approximate surface area is 162 Å². The number of thiophene rings is 1. The third-order valence-corrected chi connectivity index (χ3v) is 4.95. The minimum Gasteiger partial charge on any atom is -0.491 e. The third kappa shape index (κ3) is 6.06. The first kappa shape index (κ1) is 19.4. The van der Waals surface area contributed by atoms with E-state index in [4.69, 9.17) is 9.15 Å². The number of ether oxygens (including phenoxy) is 1. The molecule has 0 aliphatic carbocycles. The van der Waals surface area contributed by atoms with E-state index < -0.39 is 6.10 Å². The summed E-state index contributed by atoms with van der Waals surface area (Å²) < 4.78 is 11.1. The van der Waals surface area contributed by atoms with Gasteiger partial charge in [-0.2, -0.15) is 0 Å². The van der Waals surface area contributed by atoms with E-state index >= 15 is 0 Å². The molecule has 1 atom stereocenters. The van der Waals surface area contributed by atoms with Crippen molar-refractivity contribution in [2.24, 2.45) is 0 Å². The maximum atomic E-state index is 11.3. The van der Waals surface area contributed by atoms with Crippen LogP contribution in [0.15, 0.2) is 64.6 Å². The van der Waals surface area contributed by atoms with E-state index in [0.717, 1.165) is 12.3 Å². The van der Waals surface area contributed by atoms with E-state index in [-0.39, 0.29) is 12.4 Å². The number of Topliss-reactive ketones (excluding diaryl/α,β-unsaturated/α-hetero) is 1. The molecule has 1 unspecified atom stereocenters. The predicted molar refractivity (Wildman–Crippen MR) is 105 cm³/mol. The second-order valence-corrected chi connectivity index (χ2v) is 7.41. The molecule has 27 heavy (non-hydrogen) atoms. The molecule has 0 bridgehead atoms. The first-order valence-corrected chi connectivity index (χ1v) is 9.67. The van der Waals surface area contributed by atoms with Gasteiger partial charge in [0.15, 0.2) is 5.78 Å². The van der Waals surface area contributed by atoms with Crippen LogP contribution in [0, 0.1) is 0 Å². The van der Waals surface area contributed by atoms with Crippen molar-refractivity contribution in [3.63, 3.8) is 0 Å². The molecule has 0 radical (unpaired) electrons. The molecule has 0 aliphatic heterocycles. The molecule has 3 rings (SSSR count). The zero-order chi connectivity index (χ0) is 19.1. The highest BCUT2D eigenvalue weighted by molar-refractivity contribution is 7.09. The Kier molecular flexibility index (Phi) is 6.81. The van der Waals surface area contributed by atoms with E-state index in [2.05, 4.69) is 11.0 Å². The van der Waals surface area contributed by atoms with Crippen LogP contribution >= 0.6 is 11.3 Å². The minimum atomic E-state index is -0.646. The van der Waals surface area contributed by atoms with Gasteiger partial charge in [-0.1, -0.05) is 6.07 Å². The molecule has 2 heterocycles. The van der Waals surface area contributed by atoms with E-state index in [1.165, 1.54) is 11.8 Å². The van der Waals surface area contributed by atoms with Gasteiger partial charge in [-0.05, 0) is 54.8 Å². The van der Waals surface area contributed by atoms with Crippen molar-refractivity contribution in [3.05, 3.63) is 76.4 Å². The first-order valence-electron chi connectivity index (χ1n) is 8.79. The van der Waals surface area contributed by atoms with Gasteiger partial charge in [-0.25, -0.2) is 0 Å². The first-order chi connectivity index (χ1) is 13.1. The van der Waals surface area contributed by atoms with E-state index in [1.807, 2.05) is 23.6 Å². The standard InChI is InChI=1S/C21H23NO4S/c1-16(23)17-6-8-19(9-7-17)26-15-18(24)12-22(13-20-4-2-10-25-20)14-21-5-3-11-27-21/h2-11,18,24H,12-15H2,1H3. The van der Waals surface area contributed by atoms with Crippen molar-refractivity contribution in [3.8, 4) is 5.75 Å². The number of nitrogens with zero attached hydrogens (tertiary/aromatic N) is 1. The number of carbonyl (C=O) groups excluding carboxylic acids is 1. The molecule has 6 heteroatoms. The highest BCUT2D eigenvalue weighted by Crippen LogP contribution is 2.16. The number of hydrogen-bond donors (Lipinski definition) is 1. The van der Waals surface area contributed by atoms with E-state index in [1.54, 1.807) is 41.9 Å². The second kappa shape index (κ2) is 9.50. The van der Waals surface area contributed by atoms with E-state index in [0.29, 0.717) is 24.4 Å². The summed E-state index contributed by atoms with van der Waals surface area (Å²) in [6.45, 7) is 3.53. The van der Waals surface area contributed by atoms with Crippen LogP contribution in [0.5, 0.6) is 5.75 Å². The van der Waals surface area contributed by atoms with Gasteiger partial charge in [0.25, 0.3) is 0 Å². The largest absolute Gasteiger partial charge is 0.491 e. The Bertz CT molecular complexity index is 776. The molecule has 0 aliphatic rings. The van der Waals surface area contributed by atoms with Crippen LogP contribution in [0.2, 0.25) is 0 Å². The Morgan fingerprint density at radius 3 is 2.63 bits per heavy atom. The van der Waals surface area contributed by atoms with Gasteiger partial charge < -0.3 is 14.3 Å². The number of hydrogen-bond acceptors (Lipinski definition) is 6. The topological polar surface area (TPSA) is 62.9 Å². The number of aliphatic hydroxyl groups is 1. The molecule has 142 valence electrons. The Balaban J connectivity index is 1.54. The summed E-state index contributed by atoms with van der Waals surface area (Å²) in [4.78, 5) is 14.7. The number of ketones is 1. The average Bonchev–Trinajstić information content (AvgIpc) is 3.34. The second-order valence-electron chi connectivity index (χ2n) is 6.37. The fourth-order valence-corrected chi connectivity index (χ4v) is 3.51. The molecule has 5 nitrogen and oxygen atoms in total. The summed E-state index contributed by atoms with van der Waals surface area (Å²) in [6, 6.07) is 14.8. The Morgan fingerprint density at radius 1 is 1.19 bits per heavy atom. The van der Waals surface area contributed by atoms with Crippen molar-refractivity contribution in [2.45, 2.75) is 26.1 Å². The summed E-state index contributed by atoms with van der Waals surface area (Å²) in [5, 5.41) is 12.5. The van der Waals surface area contributed by atoms with E-state index in [9.17, 15) is 9.90 Å².